The zero-order valence-corrected chi connectivity index (χ0v) is 10.5. The van der Waals surface area contributed by atoms with Crippen LogP contribution in [-0.4, -0.2) is 32.4 Å². The first-order valence-electron chi connectivity index (χ1n) is 6.98. The lowest BCUT2D eigenvalue weighted by Crippen LogP contribution is -2.21. The van der Waals surface area contributed by atoms with E-state index in [1.54, 1.807) is 0 Å². The summed E-state index contributed by atoms with van der Waals surface area (Å²) >= 11 is 0. The van der Waals surface area contributed by atoms with Crippen LogP contribution in [0.15, 0.2) is 24.3 Å². The molecule has 96 valence electrons. The normalized spacial score (nSPS) is 37.9. The number of hydrogen-bond donors (Lipinski definition) is 1. The number of halogens is 1. The summed E-state index contributed by atoms with van der Waals surface area (Å²) in [4.78, 5) is 2.16. The van der Waals surface area contributed by atoms with Gasteiger partial charge in [-0.15, -0.1) is 0 Å². The fraction of sp³-hybridized carbons (Fsp3) is 0.600. The molecule has 1 aromatic carbocycles. The summed E-state index contributed by atoms with van der Waals surface area (Å²) < 4.78 is 13.2. The third-order valence-electron chi connectivity index (χ3n) is 5.00. The van der Waals surface area contributed by atoms with Gasteiger partial charge in [0, 0.05) is 30.7 Å². The van der Waals surface area contributed by atoms with Crippen LogP contribution in [0.3, 0.4) is 0 Å². The van der Waals surface area contributed by atoms with Crippen molar-refractivity contribution in [3.05, 3.63) is 29.8 Å². The summed E-state index contributed by atoms with van der Waals surface area (Å²) in [5.74, 6) is 0.852. The van der Waals surface area contributed by atoms with Crippen molar-refractivity contribution in [1.82, 2.24) is 5.32 Å². The molecule has 3 aliphatic rings. The SMILES string of the molecule is FC1CCN(c2ccc(C34CNCC3C4)cc2)C1. The van der Waals surface area contributed by atoms with E-state index < -0.39 is 6.17 Å². The number of piperidine rings is 1. The second kappa shape index (κ2) is 3.70. The Kier molecular flexibility index (Phi) is 2.22. The highest BCUT2D eigenvalue weighted by Gasteiger charge is 2.57. The largest absolute Gasteiger partial charge is 0.369 e. The molecule has 2 aliphatic heterocycles. The average molecular weight is 246 g/mol. The highest BCUT2D eigenvalue weighted by atomic mass is 19.1. The van der Waals surface area contributed by atoms with Crippen LogP contribution in [0.4, 0.5) is 10.1 Å². The Balaban J connectivity index is 1.55. The quantitative estimate of drug-likeness (QED) is 0.859. The van der Waals surface area contributed by atoms with Gasteiger partial charge in [-0.2, -0.15) is 0 Å². The van der Waals surface area contributed by atoms with Gasteiger partial charge in [0.25, 0.3) is 0 Å². The van der Waals surface area contributed by atoms with Crippen LogP contribution >= 0.6 is 0 Å². The van der Waals surface area contributed by atoms with Crippen molar-refractivity contribution in [2.75, 3.05) is 31.1 Å². The first-order chi connectivity index (χ1) is 8.78. The van der Waals surface area contributed by atoms with Crippen molar-refractivity contribution >= 4 is 5.69 Å². The first-order valence-corrected chi connectivity index (χ1v) is 6.98. The second-order valence-electron chi connectivity index (χ2n) is 6.07. The number of benzene rings is 1. The van der Waals surface area contributed by atoms with E-state index in [0.29, 0.717) is 18.4 Å². The van der Waals surface area contributed by atoms with Crippen molar-refractivity contribution in [1.29, 1.82) is 0 Å². The molecule has 1 saturated carbocycles. The lowest BCUT2D eigenvalue weighted by atomic mass is 9.95. The van der Waals surface area contributed by atoms with E-state index in [4.69, 9.17) is 0 Å². The molecule has 0 spiro atoms. The maximum absolute atomic E-state index is 13.2. The van der Waals surface area contributed by atoms with Crippen LogP contribution in [0.25, 0.3) is 0 Å². The molecule has 0 amide bonds. The topological polar surface area (TPSA) is 15.3 Å². The molecule has 3 fully saturated rings. The Morgan fingerprint density at radius 3 is 2.67 bits per heavy atom. The van der Waals surface area contributed by atoms with Crippen LogP contribution in [0.5, 0.6) is 0 Å². The molecule has 2 saturated heterocycles. The van der Waals surface area contributed by atoms with Gasteiger partial charge in [-0.25, -0.2) is 4.39 Å². The van der Waals surface area contributed by atoms with E-state index in [9.17, 15) is 4.39 Å². The van der Waals surface area contributed by atoms with E-state index in [2.05, 4.69) is 34.5 Å². The lowest BCUT2D eigenvalue weighted by molar-refractivity contribution is 0.364. The molecular formula is C15H19FN2. The Morgan fingerprint density at radius 2 is 2.11 bits per heavy atom. The second-order valence-corrected chi connectivity index (χ2v) is 6.07. The van der Waals surface area contributed by atoms with Gasteiger partial charge in [-0.3, -0.25) is 0 Å². The van der Waals surface area contributed by atoms with Gasteiger partial charge in [0.1, 0.15) is 6.17 Å². The summed E-state index contributed by atoms with van der Waals surface area (Å²) in [5.41, 5.74) is 3.09. The molecule has 18 heavy (non-hydrogen) atoms. The van der Waals surface area contributed by atoms with Gasteiger partial charge >= 0.3 is 0 Å². The van der Waals surface area contributed by atoms with Crippen LogP contribution in [0, 0.1) is 5.92 Å². The summed E-state index contributed by atoms with van der Waals surface area (Å²) in [6, 6.07) is 8.87. The first kappa shape index (κ1) is 10.8. The summed E-state index contributed by atoms with van der Waals surface area (Å²) in [7, 11) is 0. The molecule has 1 aliphatic carbocycles. The minimum absolute atomic E-state index is 0.437. The predicted molar refractivity (Wildman–Crippen MR) is 70.8 cm³/mol. The number of anilines is 1. The Morgan fingerprint density at radius 1 is 1.28 bits per heavy atom. The fourth-order valence-corrected chi connectivity index (χ4v) is 3.75. The van der Waals surface area contributed by atoms with Crippen LogP contribution in [-0.2, 0) is 5.41 Å². The summed E-state index contributed by atoms with van der Waals surface area (Å²) in [6.45, 7) is 3.73. The maximum atomic E-state index is 13.2. The van der Waals surface area contributed by atoms with Gasteiger partial charge in [0.05, 0.1) is 0 Å². The maximum Gasteiger partial charge on any atom is 0.119 e. The molecule has 0 aromatic heterocycles. The van der Waals surface area contributed by atoms with Gasteiger partial charge in [0.2, 0.25) is 0 Å². The highest BCUT2D eigenvalue weighted by Crippen LogP contribution is 2.56. The van der Waals surface area contributed by atoms with Gasteiger partial charge in [-0.1, -0.05) is 12.1 Å². The molecule has 3 unspecified atom stereocenters. The third-order valence-corrected chi connectivity index (χ3v) is 5.00. The van der Waals surface area contributed by atoms with E-state index in [1.807, 2.05) is 0 Å². The lowest BCUT2D eigenvalue weighted by Gasteiger charge is -2.19. The zero-order chi connectivity index (χ0) is 12.2. The Bertz CT molecular complexity index is 458. The van der Waals surface area contributed by atoms with Gasteiger partial charge < -0.3 is 10.2 Å². The highest BCUT2D eigenvalue weighted by molar-refractivity contribution is 5.51. The number of fused-ring (bicyclic) bond motifs is 1. The van der Waals surface area contributed by atoms with E-state index in [1.165, 1.54) is 24.2 Å². The molecule has 0 bridgehead atoms. The fourth-order valence-electron chi connectivity index (χ4n) is 3.75. The van der Waals surface area contributed by atoms with Crippen LogP contribution in [0.2, 0.25) is 0 Å². The number of rotatable bonds is 2. The Labute approximate surface area is 107 Å². The van der Waals surface area contributed by atoms with E-state index in [0.717, 1.165) is 19.0 Å². The average Bonchev–Trinajstić information content (AvgIpc) is 2.75. The molecule has 1 aromatic rings. The van der Waals surface area contributed by atoms with E-state index in [-0.39, 0.29) is 0 Å². The monoisotopic (exact) mass is 246 g/mol. The molecule has 0 radical (unpaired) electrons. The van der Waals surface area contributed by atoms with Crippen molar-refractivity contribution in [3.8, 4) is 0 Å². The smallest absolute Gasteiger partial charge is 0.119 e. The molecule has 2 nitrogen and oxygen atoms in total. The van der Waals surface area contributed by atoms with Gasteiger partial charge in [-0.05, 0) is 43.0 Å². The molecule has 3 heteroatoms. The van der Waals surface area contributed by atoms with Crippen molar-refractivity contribution in [3.63, 3.8) is 0 Å². The number of nitrogens with one attached hydrogen (secondary N) is 1. The predicted octanol–water partition coefficient (Wildman–Crippen LogP) is 2.10. The van der Waals surface area contributed by atoms with Gasteiger partial charge in [0.15, 0.2) is 0 Å². The van der Waals surface area contributed by atoms with E-state index >= 15 is 0 Å². The Hall–Kier alpha value is -1.09. The molecule has 1 N–H and O–H groups in total. The zero-order valence-electron chi connectivity index (χ0n) is 10.5. The molecule has 2 heterocycles. The standard InChI is InChI=1S/C15H19FN2/c16-13-5-6-18(9-13)14-3-1-11(2-4-14)15-7-12(15)8-17-10-15/h1-4,12-13,17H,5-10H2. The van der Waals surface area contributed by atoms with Crippen LogP contribution < -0.4 is 10.2 Å². The van der Waals surface area contributed by atoms with Crippen molar-refractivity contribution in [2.45, 2.75) is 24.4 Å². The molecular weight excluding hydrogens is 227 g/mol. The molecule has 3 atom stereocenters. The van der Waals surface area contributed by atoms with Crippen molar-refractivity contribution < 1.29 is 4.39 Å². The van der Waals surface area contributed by atoms with Crippen molar-refractivity contribution in [2.24, 2.45) is 5.92 Å². The summed E-state index contributed by atoms with van der Waals surface area (Å²) in [6.07, 6.45) is 1.38. The third kappa shape index (κ3) is 1.50. The summed E-state index contributed by atoms with van der Waals surface area (Å²) in [5, 5.41) is 3.48. The number of hydrogen-bond acceptors (Lipinski definition) is 2. The minimum Gasteiger partial charge on any atom is -0.369 e. The number of nitrogens with zero attached hydrogens (tertiary/aromatic N) is 1. The van der Waals surface area contributed by atoms with Crippen LogP contribution in [0.1, 0.15) is 18.4 Å². The minimum atomic E-state index is -0.643. The number of alkyl halides is 1. The molecule has 4 rings (SSSR count).